The van der Waals surface area contributed by atoms with E-state index in [9.17, 15) is 22.8 Å². The van der Waals surface area contributed by atoms with Crippen molar-refractivity contribution in [2.75, 3.05) is 7.11 Å². The smallest absolute Gasteiger partial charge is 0.356 e. The Balaban J connectivity index is 2.05. The van der Waals surface area contributed by atoms with Gasteiger partial charge in [0.05, 0.1) is 17.6 Å². The lowest BCUT2D eigenvalue weighted by atomic mass is 10.2. The number of ether oxygens (including phenoxy) is 1. The molecule has 1 aromatic heterocycles. The molecule has 0 aliphatic carbocycles. The highest BCUT2D eigenvalue weighted by atomic mass is 32.2. The number of rotatable bonds is 7. The summed E-state index contributed by atoms with van der Waals surface area (Å²) in [5, 5.41) is 2.73. The van der Waals surface area contributed by atoms with Crippen LogP contribution in [-0.4, -0.2) is 38.3 Å². The Morgan fingerprint density at radius 3 is 2.24 bits per heavy atom. The zero-order valence-electron chi connectivity index (χ0n) is 16.1. The van der Waals surface area contributed by atoms with Crippen molar-refractivity contribution >= 4 is 27.8 Å². The lowest BCUT2D eigenvalue weighted by molar-refractivity contribution is -0.124. The lowest BCUT2D eigenvalue weighted by Crippen LogP contribution is -2.30. The molecule has 0 atom stereocenters. The molecular weight excluding hydrogens is 398 g/mol. The molecule has 0 spiro atoms. The van der Waals surface area contributed by atoms with Gasteiger partial charge in [0.15, 0.2) is 0 Å². The molecule has 2 rings (SSSR count). The van der Waals surface area contributed by atoms with Gasteiger partial charge in [-0.25, -0.2) is 22.9 Å². The molecule has 10 heteroatoms. The number of amides is 2. The maximum Gasteiger partial charge on any atom is 0.356 e. The number of carbonyl (C=O) groups is 3. The van der Waals surface area contributed by atoms with Crippen molar-refractivity contribution in [3.05, 3.63) is 59.4 Å². The Labute approximate surface area is 168 Å². The average Bonchev–Trinajstić information content (AvgIpc) is 2.71. The summed E-state index contributed by atoms with van der Waals surface area (Å²) >= 11 is 0. The summed E-state index contributed by atoms with van der Waals surface area (Å²) in [5.74, 6) is -1.82. The van der Waals surface area contributed by atoms with Crippen LogP contribution in [-0.2, 0) is 26.1 Å². The summed E-state index contributed by atoms with van der Waals surface area (Å²) in [7, 11) is -2.91. The SMILES string of the molecule is COC(=O)c1ccc(C(=O)NS(=O)(=O)c2ccc(CNC(=O)C(C)C)cc2)cn1. The van der Waals surface area contributed by atoms with E-state index in [1.807, 2.05) is 4.72 Å². The van der Waals surface area contributed by atoms with E-state index in [1.54, 1.807) is 26.0 Å². The van der Waals surface area contributed by atoms with Crippen LogP contribution in [0, 0.1) is 5.92 Å². The van der Waals surface area contributed by atoms with Crippen LogP contribution in [0.15, 0.2) is 47.5 Å². The predicted molar refractivity (Wildman–Crippen MR) is 103 cm³/mol. The van der Waals surface area contributed by atoms with Gasteiger partial charge in [0.25, 0.3) is 15.9 Å². The van der Waals surface area contributed by atoms with E-state index in [0.29, 0.717) is 5.56 Å². The minimum atomic E-state index is -4.11. The molecule has 0 bridgehead atoms. The van der Waals surface area contributed by atoms with Gasteiger partial charge in [-0.15, -0.1) is 0 Å². The molecule has 2 aromatic rings. The van der Waals surface area contributed by atoms with Gasteiger partial charge in [-0.05, 0) is 29.8 Å². The normalized spacial score (nSPS) is 11.0. The molecule has 1 aromatic carbocycles. The zero-order valence-corrected chi connectivity index (χ0v) is 16.9. The largest absolute Gasteiger partial charge is 0.464 e. The monoisotopic (exact) mass is 419 g/mol. The Kier molecular flexibility index (Phi) is 7.05. The maximum absolute atomic E-state index is 12.4. The van der Waals surface area contributed by atoms with Crippen LogP contribution in [0.5, 0.6) is 0 Å². The number of hydrogen-bond acceptors (Lipinski definition) is 7. The fourth-order valence-electron chi connectivity index (χ4n) is 2.17. The van der Waals surface area contributed by atoms with Gasteiger partial charge in [-0.1, -0.05) is 26.0 Å². The molecule has 29 heavy (non-hydrogen) atoms. The van der Waals surface area contributed by atoms with Crippen molar-refractivity contribution in [2.24, 2.45) is 5.92 Å². The summed E-state index contributed by atoms with van der Waals surface area (Å²) < 4.78 is 31.3. The van der Waals surface area contributed by atoms with E-state index < -0.39 is 21.9 Å². The number of hydrogen-bond donors (Lipinski definition) is 2. The molecule has 154 valence electrons. The van der Waals surface area contributed by atoms with Gasteiger partial charge < -0.3 is 10.1 Å². The minimum absolute atomic E-state index is 0.00736. The minimum Gasteiger partial charge on any atom is -0.464 e. The Hall–Kier alpha value is -3.27. The van der Waals surface area contributed by atoms with E-state index >= 15 is 0 Å². The second-order valence-corrected chi connectivity index (χ2v) is 8.06. The first-order valence-corrected chi connectivity index (χ1v) is 10.1. The highest BCUT2D eigenvalue weighted by molar-refractivity contribution is 7.90. The fraction of sp³-hybridized carbons (Fsp3) is 0.263. The van der Waals surface area contributed by atoms with Gasteiger partial charge in [-0.2, -0.15) is 0 Å². The van der Waals surface area contributed by atoms with Crippen molar-refractivity contribution in [1.29, 1.82) is 0 Å². The van der Waals surface area contributed by atoms with Crippen LogP contribution in [0.3, 0.4) is 0 Å². The topological polar surface area (TPSA) is 132 Å². The van der Waals surface area contributed by atoms with Crippen LogP contribution in [0.2, 0.25) is 0 Å². The van der Waals surface area contributed by atoms with Crippen molar-refractivity contribution in [2.45, 2.75) is 25.3 Å². The molecule has 0 aliphatic heterocycles. The Morgan fingerprint density at radius 2 is 1.72 bits per heavy atom. The quantitative estimate of drug-likeness (QED) is 0.646. The Morgan fingerprint density at radius 1 is 1.07 bits per heavy atom. The van der Waals surface area contributed by atoms with Crippen molar-refractivity contribution in [3.8, 4) is 0 Å². The molecule has 0 aliphatic rings. The van der Waals surface area contributed by atoms with Crippen LogP contribution in [0.25, 0.3) is 0 Å². The van der Waals surface area contributed by atoms with Crippen LogP contribution < -0.4 is 10.0 Å². The van der Waals surface area contributed by atoms with Crippen molar-refractivity contribution in [1.82, 2.24) is 15.0 Å². The predicted octanol–water partition coefficient (Wildman–Crippen LogP) is 1.26. The summed E-state index contributed by atoms with van der Waals surface area (Å²) in [6, 6.07) is 8.30. The third-order valence-electron chi connectivity index (χ3n) is 3.87. The molecule has 2 N–H and O–H groups in total. The highest BCUT2D eigenvalue weighted by Crippen LogP contribution is 2.12. The van der Waals surface area contributed by atoms with Gasteiger partial charge in [0.2, 0.25) is 5.91 Å². The number of esters is 1. The van der Waals surface area contributed by atoms with E-state index in [-0.39, 0.29) is 34.5 Å². The molecule has 0 fully saturated rings. The number of pyridine rings is 1. The second-order valence-electron chi connectivity index (χ2n) is 6.37. The second kappa shape index (κ2) is 9.28. The summed E-state index contributed by atoms with van der Waals surface area (Å²) in [6.07, 6.45) is 1.08. The first-order chi connectivity index (χ1) is 13.6. The van der Waals surface area contributed by atoms with Crippen LogP contribution in [0.4, 0.5) is 0 Å². The first kappa shape index (κ1) is 22.0. The van der Waals surface area contributed by atoms with E-state index in [1.165, 1.54) is 31.4 Å². The summed E-state index contributed by atoms with van der Waals surface area (Å²) in [6.45, 7) is 3.81. The summed E-state index contributed by atoms with van der Waals surface area (Å²) in [4.78, 5) is 38.8. The van der Waals surface area contributed by atoms with Crippen LogP contribution in [0.1, 0.15) is 40.3 Å². The average molecular weight is 419 g/mol. The summed E-state index contributed by atoms with van der Waals surface area (Å²) in [5.41, 5.74) is 0.674. The number of sulfonamides is 1. The maximum atomic E-state index is 12.4. The lowest BCUT2D eigenvalue weighted by Gasteiger charge is -2.10. The van der Waals surface area contributed by atoms with Crippen molar-refractivity contribution in [3.63, 3.8) is 0 Å². The fourth-order valence-corrected chi connectivity index (χ4v) is 3.15. The molecule has 1 heterocycles. The molecule has 0 radical (unpaired) electrons. The number of methoxy groups -OCH3 is 1. The van der Waals surface area contributed by atoms with Gasteiger partial charge in [-0.3, -0.25) is 9.59 Å². The number of benzene rings is 1. The van der Waals surface area contributed by atoms with E-state index in [2.05, 4.69) is 15.0 Å². The van der Waals surface area contributed by atoms with E-state index in [0.717, 1.165) is 6.20 Å². The molecule has 0 saturated carbocycles. The zero-order chi connectivity index (χ0) is 21.6. The number of aromatic nitrogens is 1. The molecule has 9 nitrogen and oxygen atoms in total. The van der Waals surface area contributed by atoms with Gasteiger partial charge in [0.1, 0.15) is 5.69 Å². The molecule has 2 amide bonds. The molecule has 0 unspecified atom stereocenters. The number of nitrogens with one attached hydrogen (secondary N) is 2. The molecule has 0 saturated heterocycles. The Bertz CT molecular complexity index is 999. The van der Waals surface area contributed by atoms with E-state index in [4.69, 9.17) is 0 Å². The third kappa shape index (κ3) is 5.85. The standard InChI is InChI=1S/C19H21N3O6S/c1-12(2)17(23)21-10-13-4-7-15(8-5-13)29(26,27)22-18(24)14-6-9-16(20-11-14)19(25)28-3/h4-9,11-12H,10H2,1-3H3,(H,21,23)(H,22,24). The highest BCUT2D eigenvalue weighted by Gasteiger charge is 2.19. The number of nitrogens with zero attached hydrogens (tertiary/aromatic N) is 1. The van der Waals surface area contributed by atoms with Crippen molar-refractivity contribution < 1.29 is 27.5 Å². The van der Waals surface area contributed by atoms with Gasteiger partial charge in [0, 0.05) is 18.7 Å². The van der Waals surface area contributed by atoms with Gasteiger partial charge >= 0.3 is 5.97 Å². The van der Waals surface area contributed by atoms with Crippen LogP contribution >= 0.6 is 0 Å². The molecular formula is C19H21N3O6S. The first-order valence-electron chi connectivity index (χ1n) is 8.62. The number of carbonyl (C=O) groups excluding carboxylic acids is 3. The third-order valence-corrected chi connectivity index (χ3v) is 5.22.